The minimum Gasteiger partial charge on any atom is -0.385 e. The number of aryl methyl sites for hydroxylation is 2. The second-order valence-electron chi connectivity index (χ2n) is 5.94. The SMILES string of the molecule is COCCC(C)(C)CNCc1ccc(C)cc1C. The molecule has 2 nitrogen and oxygen atoms in total. The Morgan fingerprint density at radius 2 is 1.94 bits per heavy atom. The zero-order valence-electron chi connectivity index (χ0n) is 12.5. The monoisotopic (exact) mass is 249 g/mol. The Balaban J connectivity index is 2.41. The third-order valence-electron chi connectivity index (χ3n) is 3.40. The van der Waals surface area contributed by atoms with Crippen molar-refractivity contribution in [3.63, 3.8) is 0 Å². The molecule has 0 aliphatic carbocycles. The standard InChI is InChI=1S/C16H27NO/c1-13-6-7-15(14(2)10-13)11-17-12-16(3,4)8-9-18-5/h6-7,10,17H,8-9,11-12H2,1-5H3. The van der Waals surface area contributed by atoms with Crippen molar-refractivity contribution >= 4 is 0 Å². The van der Waals surface area contributed by atoms with Crippen LogP contribution in [0.2, 0.25) is 0 Å². The van der Waals surface area contributed by atoms with Crippen molar-refractivity contribution in [2.75, 3.05) is 20.3 Å². The number of methoxy groups -OCH3 is 1. The molecular weight excluding hydrogens is 222 g/mol. The van der Waals surface area contributed by atoms with E-state index in [1.165, 1.54) is 16.7 Å². The van der Waals surface area contributed by atoms with Crippen LogP contribution < -0.4 is 5.32 Å². The molecule has 0 amide bonds. The molecule has 0 spiro atoms. The van der Waals surface area contributed by atoms with Gasteiger partial charge in [0.25, 0.3) is 0 Å². The number of hydrogen-bond donors (Lipinski definition) is 1. The first-order chi connectivity index (χ1) is 8.44. The van der Waals surface area contributed by atoms with Crippen LogP contribution in [-0.2, 0) is 11.3 Å². The first-order valence-electron chi connectivity index (χ1n) is 6.70. The molecule has 0 aliphatic rings. The molecule has 0 saturated carbocycles. The van der Waals surface area contributed by atoms with E-state index >= 15 is 0 Å². The summed E-state index contributed by atoms with van der Waals surface area (Å²) in [5, 5.41) is 3.56. The summed E-state index contributed by atoms with van der Waals surface area (Å²) in [5.41, 5.74) is 4.38. The van der Waals surface area contributed by atoms with E-state index in [0.29, 0.717) is 0 Å². The third-order valence-corrected chi connectivity index (χ3v) is 3.40. The van der Waals surface area contributed by atoms with Gasteiger partial charge in [0.2, 0.25) is 0 Å². The molecule has 0 aromatic heterocycles. The van der Waals surface area contributed by atoms with Gasteiger partial charge in [-0.1, -0.05) is 37.6 Å². The maximum atomic E-state index is 5.15. The highest BCUT2D eigenvalue weighted by atomic mass is 16.5. The van der Waals surface area contributed by atoms with Gasteiger partial charge < -0.3 is 10.1 Å². The van der Waals surface area contributed by atoms with E-state index in [4.69, 9.17) is 4.74 Å². The van der Waals surface area contributed by atoms with E-state index in [2.05, 4.69) is 51.2 Å². The predicted molar refractivity (Wildman–Crippen MR) is 77.9 cm³/mol. The molecule has 0 unspecified atom stereocenters. The molecule has 1 aromatic rings. The van der Waals surface area contributed by atoms with Gasteiger partial charge in [-0.25, -0.2) is 0 Å². The predicted octanol–water partition coefficient (Wildman–Crippen LogP) is 3.46. The fourth-order valence-electron chi connectivity index (χ4n) is 2.05. The van der Waals surface area contributed by atoms with Crippen molar-refractivity contribution < 1.29 is 4.74 Å². The van der Waals surface area contributed by atoms with Crippen LogP contribution in [0, 0.1) is 19.3 Å². The first kappa shape index (κ1) is 15.2. The van der Waals surface area contributed by atoms with Crippen molar-refractivity contribution in [1.82, 2.24) is 5.32 Å². The van der Waals surface area contributed by atoms with E-state index in [9.17, 15) is 0 Å². The zero-order valence-corrected chi connectivity index (χ0v) is 12.5. The van der Waals surface area contributed by atoms with Gasteiger partial charge in [-0.15, -0.1) is 0 Å². The van der Waals surface area contributed by atoms with Gasteiger partial charge >= 0.3 is 0 Å². The van der Waals surface area contributed by atoms with Crippen LogP contribution in [0.3, 0.4) is 0 Å². The largest absolute Gasteiger partial charge is 0.385 e. The fraction of sp³-hybridized carbons (Fsp3) is 0.625. The third kappa shape index (κ3) is 5.19. The van der Waals surface area contributed by atoms with Crippen molar-refractivity contribution in [2.45, 2.75) is 40.7 Å². The van der Waals surface area contributed by atoms with E-state index in [1.54, 1.807) is 7.11 Å². The smallest absolute Gasteiger partial charge is 0.0467 e. The van der Waals surface area contributed by atoms with E-state index in [0.717, 1.165) is 26.1 Å². The topological polar surface area (TPSA) is 21.3 Å². The van der Waals surface area contributed by atoms with Crippen molar-refractivity contribution in [2.24, 2.45) is 5.41 Å². The second kappa shape index (κ2) is 6.91. The lowest BCUT2D eigenvalue weighted by Crippen LogP contribution is -2.30. The average Bonchev–Trinajstić information content (AvgIpc) is 2.29. The Morgan fingerprint density at radius 1 is 1.22 bits per heavy atom. The van der Waals surface area contributed by atoms with Gasteiger partial charge in [0, 0.05) is 26.8 Å². The summed E-state index contributed by atoms with van der Waals surface area (Å²) in [6, 6.07) is 6.65. The molecule has 0 atom stereocenters. The normalized spacial score (nSPS) is 11.8. The molecular formula is C16H27NO. The molecule has 1 N–H and O–H groups in total. The molecule has 2 heteroatoms. The van der Waals surface area contributed by atoms with E-state index < -0.39 is 0 Å². The average molecular weight is 249 g/mol. The summed E-state index contributed by atoms with van der Waals surface area (Å²) in [6.07, 6.45) is 1.09. The quantitative estimate of drug-likeness (QED) is 0.799. The molecule has 0 aliphatic heterocycles. The molecule has 0 heterocycles. The zero-order chi connectivity index (χ0) is 13.6. The summed E-state index contributed by atoms with van der Waals surface area (Å²) in [6.45, 7) is 11.7. The Labute approximate surface area is 112 Å². The number of ether oxygens (including phenoxy) is 1. The van der Waals surface area contributed by atoms with Gasteiger partial charge in [-0.3, -0.25) is 0 Å². The lowest BCUT2D eigenvalue weighted by Gasteiger charge is -2.25. The van der Waals surface area contributed by atoms with E-state index in [-0.39, 0.29) is 5.41 Å². The Bertz CT molecular complexity index is 371. The number of hydrogen-bond acceptors (Lipinski definition) is 2. The lowest BCUT2D eigenvalue weighted by molar-refractivity contribution is 0.150. The minimum atomic E-state index is 0.286. The highest BCUT2D eigenvalue weighted by Crippen LogP contribution is 2.19. The van der Waals surface area contributed by atoms with Crippen molar-refractivity contribution in [1.29, 1.82) is 0 Å². The number of benzene rings is 1. The van der Waals surface area contributed by atoms with Gasteiger partial charge in [-0.05, 0) is 36.8 Å². The van der Waals surface area contributed by atoms with Crippen LogP contribution in [0.5, 0.6) is 0 Å². The maximum absolute atomic E-state index is 5.15. The molecule has 1 aromatic carbocycles. The van der Waals surface area contributed by atoms with Gasteiger partial charge in [0.1, 0.15) is 0 Å². The second-order valence-corrected chi connectivity index (χ2v) is 5.94. The van der Waals surface area contributed by atoms with Crippen molar-refractivity contribution in [3.8, 4) is 0 Å². The van der Waals surface area contributed by atoms with Crippen LogP contribution in [-0.4, -0.2) is 20.3 Å². The summed E-state index contributed by atoms with van der Waals surface area (Å²) < 4.78 is 5.15. The Morgan fingerprint density at radius 3 is 2.56 bits per heavy atom. The summed E-state index contributed by atoms with van der Waals surface area (Å²) in [5.74, 6) is 0. The highest BCUT2D eigenvalue weighted by Gasteiger charge is 2.16. The van der Waals surface area contributed by atoms with Gasteiger partial charge in [-0.2, -0.15) is 0 Å². The van der Waals surface area contributed by atoms with Gasteiger partial charge in [0.05, 0.1) is 0 Å². The summed E-state index contributed by atoms with van der Waals surface area (Å²) >= 11 is 0. The molecule has 0 fully saturated rings. The fourth-order valence-corrected chi connectivity index (χ4v) is 2.05. The minimum absolute atomic E-state index is 0.286. The summed E-state index contributed by atoms with van der Waals surface area (Å²) in [4.78, 5) is 0. The lowest BCUT2D eigenvalue weighted by atomic mass is 9.89. The van der Waals surface area contributed by atoms with Crippen LogP contribution >= 0.6 is 0 Å². The Hall–Kier alpha value is -0.860. The number of rotatable bonds is 7. The molecule has 18 heavy (non-hydrogen) atoms. The van der Waals surface area contributed by atoms with E-state index in [1.807, 2.05) is 0 Å². The highest BCUT2D eigenvalue weighted by molar-refractivity contribution is 5.30. The molecule has 1 rings (SSSR count). The maximum Gasteiger partial charge on any atom is 0.0467 e. The summed E-state index contributed by atoms with van der Waals surface area (Å²) in [7, 11) is 1.76. The Kier molecular flexibility index (Phi) is 5.83. The van der Waals surface area contributed by atoms with Crippen LogP contribution in [0.4, 0.5) is 0 Å². The van der Waals surface area contributed by atoms with Crippen LogP contribution in [0.25, 0.3) is 0 Å². The van der Waals surface area contributed by atoms with Crippen molar-refractivity contribution in [3.05, 3.63) is 34.9 Å². The first-order valence-corrected chi connectivity index (χ1v) is 6.70. The van der Waals surface area contributed by atoms with Gasteiger partial charge in [0.15, 0.2) is 0 Å². The molecule has 102 valence electrons. The molecule has 0 bridgehead atoms. The van der Waals surface area contributed by atoms with Crippen LogP contribution in [0.1, 0.15) is 37.0 Å². The number of nitrogens with one attached hydrogen (secondary N) is 1. The molecule has 0 radical (unpaired) electrons. The molecule has 0 saturated heterocycles. The van der Waals surface area contributed by atoms with Crippen LogP contribution in [0.15, 0.2) is 18.2 Å².